The Labute approximate surface area is 364 Å². The van der Waals surface area contributed by atoms with Crippen LogP contribution in [0.5, 0.6) is 0 Å². The van der Waals surface area contributed by atoms with Gasteiger partial charge in [-0.2, -0.15) is 0 Å². The summed E-state index contributed by atoms with van der Waals surface area (Å²) in [5.41, 5.74) is 6.03. The first-order chi connectivity index (χ1) is 30.6. The topological polar surface area (TPSA) is 333 Å². The highest BCUT2D eigenvalue weighted by Crippen LogP contribution is 2.30. The molecule has 2 heterocycles. The number of carbonyl (C=O) groups is 6. The van der Waals surface area contributed by atoms with E-state index < -0.39 is 96.4 Å². The summed E-state index contributed by atoms with van der Waals surface area (Å²) >= 11 is 0. The summed E-state index contributed by atoms with van der Waals surface area (Å²) < 4.78 is 16.7. The summed E-state index contributed by atoms with van der Waals surface area (Å²) in [7, 11) is 0. The molecule has 3 aromatic carbocycles. The number of nitrogens with two attached hydrogens (primary N) is 1. The normalized spacial score (nSPS) is 19.2. The second-order valence-corrected chi connectivity index (χ2v) is 14.9. The van der Waals surface area contributed by atoms with Crippen molar-refractivity contribution in [2.24, 2.45) is 5.73 Å². The van der Waals surface area contributed by atoms with Gasteiger partial charge in [-0.25, -0.2) is 4.79 Å². The van der Waals surface area contributed by atoms with Crippen molar-refractivity contribution in [1.29, 1.82) is 0 Å². The molecule has 1 saturated heterocycles. The number of hydrogen-bond acceptors (Lipinski definition) is 15. The lowest BCUT2D eigenvalue weighted by Gasteiger charge is -2.43. The number of aliphatic hydroxyl groups excluding tert-OH is 2. The lowest BCUT2D eigenvalue weighted by molar-refractivity contribution is -0.383. The van der Waals surface area contributed by atoms with Crippen LogP contribution >= 0.6 is 0 Å². The summed E-state index contributed by atoms with van der Waals surface area (Å²) in [6, 6.07) is 13.5. The van der Waals surface area contributed by atoms with Gasteiger partial charge in [-0.3, -0.25) is 38.9 Å². The van der Waals surface area contributed by atoms with Gasteiger partial charge < -0.3 is 61.7 Å². The van der Waals surface area contributed by atoms with E-state index in [4.69, 9.17) is 19.9 Å². The van der Waals surface area contributed by atoms with Crippen LogP contribution < -0.4 is 37.7 Å². The van der Waals surface area contributed by atoms with E-state index in [0.29, 0.717) is 36.0 Å². The number of rotatable bonds is 21. The average molecular weight is 891 g/mol. The van der Waals surface area contributed by atoms with Gasteiger partial charge in [-0.05, 0) is 56.5 Å². The van der Waals surface area contributed by atoms with Crippen molar-refractivity contribution < 1.29 is 58.1 Å². The molecule has 0 spiro atoms. The number of nitro benzene ring substituents is 1. The van der Waals surface area contributed by atoms with E-state index in [1.54, 1.807) is 42.5 Å². The van der Waals surface area contributed by atoms with Gasteiger partial charge in [0.15, 0.2) is 5.43 Å². The summed E-state index contributed by atoms with van der Waals surface area (Å²) in [5, 5.41) is 46.1. The lowest BCUT2D eigenvalue weighted by atomic mass is 9.96. The number of aromatic amines is 1. The van der Waals surface area contributed by atoms with Gasteiger partial charge in [-0.15, -0.1) is 0 Å². The summed E-state index contributed by atoms with van der Waals surface area (Å²) in [6.07, 6.45) is -5.27. The predicted molar refractivity (Wildman–Crippen MR) is 228 cm³/mol. The van der Waals surface area contributed by atoms with Crippen molar-refractivity contribution in [2.45, 2.75) is 82.3 Å². The fourth-order valence-electron chi connectivity index (χ4n) is 6.98. The van der Waals surface area contributed by atoms with Crippen LogP contribution in [0.4, 0.5) is 11.4 Å². The van der Waals surface area contributed by atoms with Crippen LogP contribution in [0.25, 0.3) is 21.8 Å². The first-order valence-corrected chi connectivity index (χ1v) is 20.3. The zero-order chi connectivity index (χ0) is 46.5. The lowest BCUT2D eigenvalue weighted by Crippen LogP contribution is -2.66. The van der Waals surface area contributed by atoms with Crippen LogP contribution in [0.2, 0.25) is 0 Å². The first-order valence-electron chi connectivity index (χ1n) is 20.3. The number of nitrogens with one attached hydrogen (secondary N) is 6. The first kappa shape index (κ1) is 48.0. The standard InChI is InChI=1S/C42H50N8O14/c1-22(46-32(54)21-62-38-35(47-23(2)52)42(63-30(20-51)37(38)56)64-41(59)24-10-4-3-5-11-24)40(58)49-28(39(43)57)15-17-31(53)45-19-9-8-18-44-27-14-16-29(50(60)61)34-33(27)36(55)25-12-6-7-13-26(25)48-34/h3-7,10-14,16,22,28,30,35,37-38,42,44,51,56H,8-9,15,17-21H2,1-2H3,(H2,43,57)(H,45,53)(H,46,54)(H,47,52)(H,48,55)(H,49,58). The van der Waals surface area contributed by atoms with E-state index >= 15 is 0 Å². The van der Waals surface area contributed by atoms with Crippen molar-refractivity contribution in [3.8, 4) is 0 Å². The third kappa shape index (κ3) is 12.3. The number of benzene rings is 3. The molecule has 0 aliphatic carbocycles. The van der Waals surface area contributed by atoms with Crippen LogP contribution in [0.1, 0.15) is 49.9 Å². The van der Waals surface area contributed by atoms with Crippen LogP contribution in [0.15, 0.2) is 71.5 Å². The molecule has 7 unspecified atom stereocenters. The smallest absolute Gasteiger partial charge is 0.340 e. The number of amides is 5. The van der Waals surface area contributed by atoms with E-state index in [9.17, 15) is 53.9 Å². The van der Waals surface area contributed by atoms with Gasteiger partial charge in [0.2, 0.25) is 35.8 Å². The molecule has 5 amide bonds. The summed E-state index contributed by atoms with van der Waals surface area (Å²) in [6.45, 7) is 1.56. The zero-order valence-electron chi connectivity index (χ0n) is 34.9. The third-order valence-corrected chi connectivity index (χ3v) is 10.2. The second-order valence-electron chi connectivity index (χ2n) is 14.9. The number of hydrogen-bond donors (Lipinski definition) is 9. The maximum absolute atomic E-state index is 13.3. The number of para-hydroxylation sites is 1. The Morgan fingerprint density at radius 3 is 2.36 bits per heavy atom. The predicted octanol–water partition coefficient (Wildman–Crippen LogP) is -0.0222. The number of non-ortho nitro benzene ring substituents is 1. The van der Waals surface area contributed by atoms with E-state index in [0.717, 1.165) is 6.92 Å². The van der Waals surface area contributed by atoms with Crippen molar-refractivity contribution >= 4 is 68.7 Å². The van der Waals surface area contributed by atoms with Crippen molar-refractivity contribution in [3.63, 3.8) is 0 Å². The molecule has 5 rings (SSSR count). The number of anilines is 1. The van der Waals surface area contributed by atoms with Gasteiger partial charge in [0.05, 0.1) is 22.5 Å². The quantitative estimate of drug-likeness (QED) is 0.0175. The molecule has 22 heteroatoms. The molecule has 1 aliphatic heterocycles. The number of pyridine rings is 1. The maximum Gasteiger partial charge on any atom is 0.340 e. The fraction of sp³-hybridized carbons (Fsp3) is 0.405. The maximum atomic E-state index is 13.3. The number of ether oxygens (including phenoxy) is 3. The van der Waals surface area contributed by atoms with E-state index in [1.165, 1.54) is 31.2 Å². The Balaban J connectivity index is 1.06. The average Bonchev–Trinajstić information content (AvgIpc) is 3.26. The minimum Gasteiger partial charge on any atom is -0.430 e. The molecule has 10 N–H and O–H groups in total. The monoisotopic (exact) mass is 890 g/mol. The Hall–Kier alpha value is -7.01. The molecule has 7 atom stereocenters. The molecule has 0 bridgehead atoms. The number of carbonyl (C=O) groups excluding carboxylic acids is 6. The molecule has 0 radical (unpaired) electrons. The van der Waals surface area contributed by atoms with Gasteiger partial charge in [0.1, 0.15) is 48.6 Å². The Bertz CT molecular complexity index is 2410. The number of unbranched alkanes of at least 4 members (excludes halogenated alkanes) is 1. The molecule has 22 nitrogen and oxygen atoms in total. The van der Waals surface area contributed by atoms with E-state index in [-0.39, 0.29) is 47.0 Å². The number of primary amides is 1. The number of fused-ring (bicyclic) bond motifs is 2. The minimum atomic E-state index is -1.61. The van der Waals surface area contributed by atoms with Crippen molar-refractivity contribution in [3.05, 3.63) is 92.6 Å². The SMILES string of the molecule is CC(=O)NC1C(OC(=O)c2ccccc2)OC(CO)C(O)C1OCC(=O)NC(C)C(=O)NC(CCC(=O)NCCCCNc1ccc([N+](=O)[O-])c2[nH]c3ccccc3c(=O)c12)C(N)=O. The zero-order valence-corrected chi connectivity index (χ0v) is 34.9. The van der Waals surface area contributed by atoms with Crippen LogP contribution in [-0.4, -0.2) is 125 Å². The van der Waals surface area contributed by atoms with Gasteiger partial charge in [0.25, 0.3) is 5.69 Å². The van der Waals surface area contributed by atoms with Gasteiger partial charge in [0, 0.05) is 49.1 Å². The number of esters is 1. The molecule has 4 aromatic rings. The highest BCUT2D eigenvalue weighted by atomic mass is 16.7. The second kappa shape index (κ2) is 22.4. The molecule has 1 aromatic heterocycles. The number of nitrogens with zero attached hydrogens (tertiary/aromatic N) is 1. The molecule has 342 valence electrons. The van der Waals surface area contributed by atoms with Crippen LogP contribution in [0.3, 0.4) is 0 Å². The van der Waals surface area contributed by atoms with Gasteiger partial charge >= 0.3 is 5.97 Å². The number of aromatic nitrogens is 1. The largest absolute Gasteiger partial charge is 0.430 e. The highest BCUT2D eigenvalue weighted by Gasteiger charge is 2.48. The van der Waals surface area contributed by atoms with Crippen molar-refractivity contribution in [1.82, 2.24) is 26.3 Å². The van der Waals surface area contributed by atoms with E-state index in [1.807, 2.05) is 0 Å². The third-order valence-electron chi connectivity index (χ3n) is 10.2. The molecule has 1 aliphatic rings. The highest BCUT2D eigenvalue weighted by molar-refractivity contribution is 6.03. The molecule has 1 fully saturated rings. The molecule has 64 heavy (non-hydrogen) atoms. The fourth-order valence-corrected chi connectivity index (χ4v) is 6.98. The summed E-state index contributed by atoms with van der Waals surface area (Å²) in [5.74, 6) is -4.51. The Morgan fingerprint density at radius 2 is 1.67 bits per heavy atom. The van der Waals surface area contributed by atoms with Crippen LogP contribution in [-0.2, 0) is 38.2 Å². The van der Waals surface area contributed by atoms with Gasteiger partial charge in [-0.1, -0.05) is 30.3 Å². The number of aliphatic hydroxyl groups is 2. The number of H-pyrrole nitrogens is 1. The minimum absolute atomic E-state index is 0.103. The Kier molecular flexibility index (Phi) is 16.8. The molecular formula is C42H50N8O14. The van der Waals surface area contributed by atoms with E-state index in [2.05, 4.69) is 31.6 Å². The number of nitro groups is 1. The van der Waals surface area contributed by atoms with Crippen LogP contribution in [0, 0.1) is 10.1 Å². The van der Waals surface area contributed by atoms with Crippen molar-refractivity contribution in [2.75, 3.05) is 31.6 Å². The molecular weight excluding hydrogens is 841 g/mol. The molecule has 0 saturated carbocycles. The summed E-state index contributed by atoms with van der Waals surface area (Å²) in [4.78, 5) is 103. The Morgan fingerprint density at radius 1 is 0.969 bits per heavy atom.